The number of thiophene rings is 2. The Morgan fingerprint density at radius 3 is 2.79 bits per heavy atom. The molecule has 0 bridgehead atoms. The SMILES string of the molecule is Cc1ccc(-c2csc3nc(CSc4nnc(C)s4)[nH]c(=O)c23)s1. The lowest BCUT2D eigenvalue weighted by atomic mass is 10.2. The molecule has 0 saturated carbocycles. The lowest BCUT2D eigenvalue weighted by Gasteiger charge is -2.00. The van der Waals surface area contributed by atoms with Crippen LogP contribution in [0, 0.1) is 13.8 Å². The van der Waals surface area contributed by atoms with Crippen molar-refractivity contribution in [2.24, 2.45) is 0 Å². The fourth-order valence-electron chi connectivity index (χ4n) is 2.29. The number of H-pyrrole nitrogens is 1. The Morgan fingerprint density at radius 1 is 1.21 bits per heavy atom. The second-order valence-electron chi connectivity index (χ2n) is 5.13. The summed E-state index contributed by atoms with van der Waals surface area (Å²) in [6.45, 7) is 3.99. The number of nitrogens with one attached hydrogen (secondary N) is 1. The summed E-state index contributed by atoms with van der Waals surface area (Å²) in [6.07, 6.45) is 0. The van der Waals surface area contributed by atoms with E-state index in [1.54, 1.807) is 22.7 Å². The van der Waals surface area contributed by atoms with Crippen LogP contribution >= 0.6 is 45.8 Å². The zero-order valence-corrected chi connectivity index (χ0v) is 16.1. The average molecular weight is 393 g/mol. The molecular formula is C15H12N4OS4. The van der Waals surface area contributed by atoms with Gasteiger partial charge in [0.25, 0.3) is 5.56 Å². The summed E-state index contributed by atoms with van der Waals surface area (Å²) in [4.78, 5) is 23.2. The van der Waals surface area contributed by atoms with E-state index < -0.39 is 0 Å². The number of aryl methyl sites for hydroxylation is 2. The zero-order valence-electron chi connectivity index (χ0n) is 12.8. The first kappa shape index (κ1) is 15.9. The van der Waals surface area contributed by atoms with Crippen molar-refractivity contribution in [3.05, 3.63) is 43.6 Å². The van der Waals surface area contributed by atoms with Gasteiger partial charge in [0, 0.05) is 20.7 Å². The van der Waals surface area contributed by atoms with Crippen LogP contribution in [0.3, 0.4) is 0 Å². The van der Waals surface area contributed by atoms with Crippen LogP contribution in [0.15, 0.2) is 26.6 Å². The minimum absolute atomic E-state index is 0.0775. The van der Waals surface area contributed by atoms with E-state index in [9.17, 15) is 4.79 Å². The molecule has 0 amide bonds. The summed E-state index contributed by atoms with van der Waals surface area (Å²) in [5, 5.41) is 11.7. The second-order valence-corrected chi connectivity index (χ2v) is 9.68. The zero-order chi connectivity index (χ0) is 16.7. The van der Waals surface area contributed by atoms with E-state index in [1.807, 2.05) is 12.3 Å². The van der Waals surface area contributed by atoms with Crippen LogP contribution in [0.4, 0.5) is 0 Å². The van der Waals surface area contributed by atoms with Gasteiger partial charge < -0.3 is 4.98 Å². The van der Waals surface area contributed by atoms with Gasteiger partial charge in [-0.25, -0.2) is 4.98 Å². The van der Waals surface area contributed by atoms with Crippen LogP contribution in [0.2, 0.25) is 0 Å². The Kier molecular flexibility index (Phi) is 4.25. The maximum absolute atomic E-state index is 12.6. The first-order chi connectivity index (χ1) is 11.6. The van der Waals surface area contributed by atoms with Crippen LogP contribution in [-0.4, -0.2) is 20.2 Å². The monoisotopic (exact) mass is 392 g/mol. The van der Waals surface area contributed by atoms with Crippen molar-refractivity contribution in [1.82, 2.24) is 20.2 Å². The molecular weight excluding hydrogens is 380 g/mol. The Bertz CT molecular complexity index is 1070. The van der Waals surface area contributed by atoms with Gasteiger partial charge in [-0.2, -0.15) is 0 Å². The maximum Gasteiger partial charge on any atom is 0.260 e. The van der Waals surface area contributed by atoms with Crippen LogP contribution in [-0.2, 0) is 5.75 Å². The van der Waals surface area contributed by atoms with Crippen molar-refractivity contribution < 1.29 is 0 Å². The number of hydrogen-bond acceptors (Lipinski definition) is 8. The fourth-order valence-corrected chi connectivity index (χ4v) is 5.90. The molecule has 1 N–H and O–H groups in total. The van der Waals surface area contributed by atoms with E-state index in [0.717, 1.165) is 24.6 Å². The summed E-state index contributed by atoms with van der Waals surface area (Å²) in [5.74, 6) is 1.24. The molecule has 0 unspecified atom stereocenters. The summed E-state index contributed by atoms with van der Waals surface area (Å²) >= 11 is 6.28. The van der Waals surface area contributed by atoms with Crippen LogP contribution < -0.4 is 5.56 Å². The predicted octanol–water partition coefficient (Wildman–Crippen LogP) is 4.47. The summed E-state index contributed by atoms with van der Waals surface area (Å²) in [5.41, 5.74) is 0.896. The minimum Gasteiger partial charge on any atom is -0.309 e. The number of aromatic nitrogens is 4. The highest BCUT2D eigenvalue weighted by Crippen LogP contribution is 2.35. The molecule has 4 heterocycles. The Balaban J connectivity index is 1.67. The van der Waals surface area contributed by atoms with Crippen molar-refractivity contribution in [2.45, 2.75) is 23.9 Å². The van der Waals surface area contributed by atoms with E-state index in [-0.39, 0.29) is 5.56 Å². The molecule has 9 heteroatoms. The van der Waals surface area contributed by atoms with Crippen molar-refractivity contribution in [3.8, 4) is 10.4 Å². The molecule has 0 aliphatic rings. The van der Waals surface area contributed by atoms with Crippen molar-refractivity contribution in [3.63, 3.8) is 0 Å². The molecule has 4 aromatic rings. The molecule has 24 heavy (non-hydrogen) atoms. The second kappa shape index (κ2) is 6.40. The highest BCUT2D eigenvalue weighted by Gasteiger charge is 2.14. The minimum atomic E-state index is -0.0775. The van der Waals surface area contributed by atoms with Gasteiger partial charge in [0.1, 0.15) is 15.7 Å². The lowest BCUT2D eigenvalue weighted by molar-refractivity contribution is 0.979. The number of rotatable bonds is 4. The Hall–Kier alpha value is -1.55. The third-order valence-electron chi connectivity index (χ3n) is 3.34. The van der Waals surface area contributed by atoms with E-state index in [1.165, 1.54) is 28.0 Å². The van der Waals surface area contributed by atoms with Gasteiger partial charge in [0.2, 0.25) is 0 Å². The molecule has 0 saturated heterocycles. The molecule has 122 valence electrons. The summed E-state index contributed by atoms with van der Waals surface area (Å²) in [7, 11) is 0. The van der Waals surface area contributed by atoms with Gasteiger partial charge in [-0.05, 0) is 26.0 Å². The fraction of sp³-hybridized carbons (Fsp3) is 0.200. The largest absolute Gasteiger partial charge is 0.309 e. The molecule has 0 radical (unpaired) electrons. The van der Waals surface area contributed by atoms with E-state index in [4.69, 9.17) is 0 Å². The molecule has 0 aliphatic carbocycles. The number of fused-ring (bicyclic) bond motifs is 1. The van der Waals surface area contributed by atoms with Gasteiger partial charge in [-0.3, -0.25) is 4.79 Å². The van der Waals surface area contributed by atoms with Crippen LogP contribution in [0.25, 0.3) is 20.7 Å². The van der Waals surface area contributed by atoms with Gasteiger partial charge in [-0.1, -0.05) is 23.1 Å². The standard InChI is InChI=1S/C15H12N4OS4/c1-7-3-4-10(23-7)9-5-21-14-12(9)13(20)16-11(17-14)6-22-15-19-18-8(2)24-15/h3-5H,6H2,1-2H3,(H,16,17,20). The van der Waals surface area contributed by atoms with Gasteiger partial charge in [0.15, 0.2) is 4.34 Å². The van der Waals surface area contributed by atoms with Crippen molar-refractivity contribution in [1.29, 1.82) is 0 Å². The molecule has 0 aromatic carbocycles. The number of thioether (sulfide) groups is 1. The molecule has 0 atom stereocenters. The van der Waals surface area contributed by atoms with Gasteiger partial charge >= 0.3 is 0 Å². The first-order valence-corrected chi connectivity index (χ1v) is 10.6. The molecule has 4 aromatic heterocycles. The third kappa shape index (κ3) is 3.04. The smallest absolute Gasteiger partial charge is 0.260 e. The number of nitrogens with zero attached hydrogens (tertiary/aromatic N) is 3. The Labute approximate surface area is 153 Å². The normalized spacial score (nSPS) is 11.4. The lowest BCUT2D eigenvalue weighted by Crippen LogP contribution is -2.10. The molecule has 4 rings (SSSR count). The van der Waals surface area contributed by atoms with Gasteiger partial charge in [-0.15, -0.1) is 32.9 Å². The molecule has 0 fully saturated rings. The molecule has 5 nitrogen and oxygen atoms in total. The Morgan fingerprint density at radius 2 is 2.08 bits per heavy atom. The number of aromatic amines is 1. The summed E-state index contributed by atoms with van der Waals surface area (Å²) in [6, 6.07) is 4.13. The average Bonchev–Trinajstić information content (AvgIpc) is 3.25. The maximum atomic E-state index is 12.6. The van der Waals surface area contributed by atoms with Crippen LogP contribution in [0.5, 0.6) is 0 Å². The van der Waals surface area contributed by atoms with Crippen LogP contribution in [0.1, 0.15) is 15.7 Å². The van der Waals surface area contributed by atoms with Crippen molar-refractivity contribution in [2.75, 3.05) is 0 Å². The molecule has 0 spiro atoms. The predicted molar refractivity (Wildman–Crippen MR) is 102 cm³/mol. The third-order valence-corrected chi connectivity index (χ3v) is 7.23. The number of hydrogen-bond donors (Lipinski definition) is 1. The summed E-state index contributed by atoms with van der Waals surface area (Å²) < 4.78 is 0.885. The highest BCUT2D eigenvalue weighted by molar-refractivity contribution is 8.00. The quantitative estimate of drug-likeness (QED) is 0.519. The van der Waals surface area contributed by atoms with Gasteiger partial charge in [0.05, 0.1) is 11.1 Å². The topological polar surface area (TPSA) is 71.5 Å². The van der Waals surface area contributed by atoms with Crippen molar-refractivity contribution >= 4 is 56.0 Å². The van der Waals surface area contributed by atoms with E-state index in [2.05, 4.69) is 39.2 Å². The highest BCUT2D eigenvalue weighted by atomic mass is 32.2. The first-order valence-electron chi connectivity index (χ1n) is 7.10. The van der Waals surface area contributed by atoms with E-state index in [0.29, 0.717) is 17.0 Å². The molecule has 0 aliphatic heterocycles. The van der Waals surface area contributed by atoms with E-state index >= 15 is 0 Å².